The maximum Gasteiger partial charge on any atom is 0.276 e. The van der Waals surface area contributed by atoms with Crippen molar-refractivity contribution in [1.82, 2.24) is 35.1 Å². The largest absolute Gasteiger partial charge is 0.328 e. The number of hydrogen-bond acceptors (Lipinski definition) is 7. The Morgan fingerprint density at radius 2 is 1.89 bits per heavy atom. The highest BCUT2D eigenvalue weighted by molar-refractivity contribution is 6.29. The van der Waals surface area contributed by atoms with E-state index in [2.05, 4.69) is 20.6 Å². The highest BCUT2D eigenvalue weighted by atomic mass is 35.5. The zero-order valence-corrected chi connectivity index (χ0v) is 19.0. The van der Waals surface area contributed by atoms with E-state index in [1.54, 1.807) is 41.6 Å². The molecule has 0 bridgehead atoms. The predicted molar refractivity (Wildman–Crippen MR) is 120 cm³/mol. The molecule has 11 nitrogen and oxygen atoms in total. The van der Waals surface area contributed by atoms with Gasteiger partial charge in [-0.2, -0.15) is 0 Å². The first-order chi connectivity index (χ1) is 16.9. The molecular formula is C23H18ClN7O4. The summed E-state index contributed by atoms with van der Waals surface area (Å²) in [6.45, 7) is 1.08. The summed E-state index contributed by atoms with van der Waals surface area (Å²) in [4.78, 5) is 56.8. The summed E-state index contributed by atoms with van der Waals surface area (Å²) in [6.07, 6.45) is 3.72. The second-order valence-electron chi connectivity index (χ2n) is 8.73. The van der Waals surface area contributed by atoms with Crippen molar-refractivity contribution in [3.63, 3.8) is 0 Å². The molecule has 0 aliphatic carbocycles. The molecule has 0 spiro atoms. The molecule has 35 heavy (non-hydrogen) atoms. The van der Waals surface area contributed by atoms with Crippen LogP contribution in [0.25, 0.3) is 5.69 Å². The van der Waals surface area contributed by atoms with Gasteiger partial charge < -0.3 is 9.80 Å². The first-order valence-corrected chi connectivity index (χ1v) is 11.4. The van der Waals surface area contributed by atoms with E-state index in [9.17, 15) is 19.2 Å². The van der Waals surface area contributed by atoms with Crippen LogP contribution in [0.1, 0.15) is 50.4 Å². The molecule has 1 aromatic carbocycles. The second kappa shape index (κ2) is 7.98. The Hall–Kier alpha value is -4.12. The molecule has 0 radical (unpaired) electrons. The number of carbonyl (C=O) groups excluding carboxylic acids is 4. The van der Waals surface area contributed by atoms with E-state index in [4.69, 9.17) is 11.6 Å². The van der Waals surface area contributed by atoms with E-state index in [0.29, 0.717) is 35.9 Å². The van der Waals surface area contributed by atoms with Crippen molar-refractivity contribution in [1.29, 1.82) is 0 Å². The van der Waals surface area contributed by atoms with Crippen LogP contribution in [0.3, 0.4) is 0 Å². The first-order valence-electron chi connectivity index (χ1n) is 11.0. The van der Waals surface area contributed by atoms with Gasteiger partial charge in [-0.1, -0.05) is 16.8 Å². The van der Waals surface area contributed by atoms with Gasteiger partial charge in [0.2, 0.25) is 11.8 Å². The minimum Gasteiger partial charge on any atom is -0.328 e. The smallest absolute Gasteiger partial charge is 0.276 e. The quantitative estimate of drug-likeness (QED) is 0.430. The molecule has 4 amide bonds. The van der Waals surface area contributed by atoms with Crippen LogP contribution in [0.4, 0.5) is 0 Å². The van der Waals surface area contributed by atoms with Gasteiger partial charge in [0.05, 0.1) is 11.9 Å². The summed E-state index contributed by atoms with van der Waals surface area (Å²) < 4.78 is 1.48. The Balaban J connectivity index is 1.20. The molecule has 0 saturated carbocycles. The molecule has 176 valence electrons. The second-order valence-corrected chi connectivity index (χ2v) is 9.11. The molecule has 12 heteroatoms. The number of rotatable bonds is 3. The number of nitrogens with one attached hydrogen (secondary N) is 1. The zero-order valence-electron chi connectivity index (χ0n) is 18.3. The maximum atomic E-state index is 13.0. The van der Waals surface area contributed by atoms with Crippen LogP contribution in [0.15, 0.2) is 36.7 Å². The molecule has 2 aromatic heterocycles. The Morgan fingerprint density at radius 3 is 2.71 bits per heavy atom. The number of halogens is 1. The van der Waals surface area contributed by atoms with Crippen LogP contribution in [0, 0.1) is 0 Å². The first kappa shape index (κ1) is 21.4. The van der Waals surface area contributed by atoms with Gasteiger partial charge in [0.1, 0.15) is 11.2 Å². The molecule has 6 rings (SSSR count). The molecule has 3 aliphatic heterocycles. The number of aromatic nitrogens is 4. The van der Waals surface area contributed by atoms with Gasteiger partial charge in [-0.05, 0) is 47.4 Å². The van der Waals surface area contributed by atoms with E-state index < -0.39 is 11.9 Å². The molecule has 3 aliphatic rings. The summed E-state index contributed by atoms with van der Waals surface area (Å²) >= 11 is 5.96. The normalized spacial score (nSPS) is 19.1. The predicted octanol–water partition coefficient (Wildman–Crippen LogP) is 1.23. The van der Waals surface area contributed by atoms with Crippen molar-refractivity contribution in [3.05, 3.63) is 69.8 Å². The lowest BCUT2D eigenvalue weighted by molar-refractivity contribution is -0.136. The van der Waals surface area contributed by atoms with E-state index in [0.717, 1.165) is 16.7 Å². The maximum absolute atomic E-state index is 13.0. The molecule has 1 fully saturated rings. The van der Waals surface area contributed by atoms with Crippen LogP contribution >= 0.6 is 11.6 Å². The van der Waals surface area contributed by atoms with Crippen molar-refractivity contribution in [2.75, 3.05) is 0 Å². The van der Waals surface area contributed by atoms with Gasteiger partial charge in [-0.3, -0.25) is 24.5 Å². The van der Waals surface area contributed by atoms with Crippen molar-refractivity contribution in [3.8, 4) is 5.69 Å². The molecule has 1 saturated heterocycles. The fourth-order valence-corrected chi connectivity index (χ4v) is 4.93. The third-order valence-corrected chi connectivity index (χ3v) is 6.75. The van der Waals surface area contributed by atoms with E-state index in [-0.39, 0.29) is 36.4 Å². The van der Waals surface area contributed by atoms with Crippen LogP contribution in [0.5, 0.6) is 0 Å². The van der Waals surface area contributed by atoms with Gasteiger partial charge in [-0.25, -0.2) is 9.67 Å². The number of imide groups is 1. The number of amides is 4. The minimum absolute atomic E-state index is 0.193. The SMILES string of the molecule is O=C1CCC(N2Cc3cc(-n4cc(C(=O)N5Cc6cnc(Cl)cc6C5)nn4)ccc3C2=O)C(=O)N1. The Labute approximate surface area is 203 Å². The molecule has 1 atom stereocenters. The number of piperidine rings is 1. The van der Waals surface area contributed by atoms with E-state index in [1.165, 1.54) is 9.58 Å². The zero-order chi connectivity index (χ0) is 24.3. The van der Waals surface area contributed by atoms with Crippen molar-refractivity contribution < 1.29 is 19.2 Å². The average Bonchev–Trinajstić information content (AvgIpc) is 3.56. The van der Waals surface area contributed by atoms with Gasteiger partial charge in [0.15, 0.2) is 5.69 Å². The summed E-state index contributed by atoms with van der Waals surface area (Å²) in [5.41, 5.74) is 3.96. The highest BCUT2D eigenvalue weighted by Crippen LogP contribution is 2.29. The van der Waals surface area contributed by atoms with Crippen molar-refractivity contribution in [2.45, 2.75) is 38.5 Å². The fraction of sp³-hybridized carbons (Fsp3) is 0.261. The van der Waals surface area contributed by atoms with Gasteiger partial charge >= 0.3 is 0 Å². The van der Waals surface area contributed by atoms with Crippen LogP contribution in [0.2, 0.25) is 5.15 Å². The summed E-state index contributed by atoms with van der Waals surface area (Å²) in [5, 5.41) is 10.8. The van der Waals surface area contributed by atoms with E-state index in [1.807, 2.05) is 0 Å². The Bertz CT molecular complexity index is 1430. The Kier molecular flexibility index (Phi) is 4.88. The number of nitrogens with zero attached hydrogens (tertiary/aromatic N) is 6. The van der Waals surface area contributed by atoms with Crippen molar-refractivity contribution in [2.24, 2.45) is 0 Å². The lowest BCUT2D eigenvalue weighted by Gasteiger charge is -2.29. The topological polar surface area (TPSA) is 130 Å². The van der Waals surface area contributed by atoms with E-state index >= 15 is 0 Å². The number of fused-ring (bicyclic) bond motifs is 2. The number of pyridine rings is 1. The highest BCUT2D eigenvalue weighted by Gasteiger charge is 2.39. The molecular weight excluding hydrogens is 474 g/mol. The van der Waals surface area contributed by atoms with Gasteiger partial charge in [0.25, 0.3) is 11.8 Å². The summed E-state index contributed by atoms with van der Waals surface area (Å²) in [7, 11) is 0. The number of benzene rings is 1. The van der Waals surface area contributed by atoms with Crippen LogP contribution in [-0.4, -0.2) is 59.4 Å². The monoisotopic (exact) mass is 491 g/mol. The molecule has 1 N–H and O–H groups in total. The number of hydrogen-bond donors (Lipinski definition) is 1. The molecule has 5 heterocycles. The third-order valence-electron chi connectivity index (χ3n) is 6.54. The fourth-order valence-electron chi connectivity index (χ4n) is 4.75. The summed E-state index contributed by atoms with van der Waals surface area (Å²) in [6, 6.07) is 6.26. The summed E-state index contributed by atoms with van der Waals surface area (Å²) in [5.74, 6) is -1.29. The standard InChI is InChI=1S/C23H18ClN7O4/c24-19-6-12-8-29(9-14(12)7-25-19)23(35)17-11-31(28-27-17)15-1-2-16-13(5-15)10-30(22(16)34)18-3-4-20(32)26-21(18)33/h1-2,5-7,11,18H,3-4,8-10H2,(H,26,32,33). The average molecular weight is 492 g/mol. The lowest BCUT2D eigenvalue weighted by Crippen LogP contribution is -2.52. The molecule has 3 aromatic rings. The Morgan fingerprint density at radius 1 is 1.06 bits per heavy atom. The minimum atomic E-state index is -0.679. The van der Waals surface area contributed by atoms with Gasteiger partial charge in [0, 0.05) is 37.8 Å². The van der Waals surface area contributed by atoms with Crippen molar-refractivity contribution >= 4 is 35.2 Å². The van der Waals surface area contributed by atoms with Crippen LogP contribution in [-0.2, 0) is 29.2 Å². The molecule has 1 unspecified atom stereocenters. The van der Waals surface area contributed by atoms with Crippen LogP contribution < -0.4 is 5.32 Å². The third kappa shape index (κ3) is 3.64. The number of carbonyl (C=O) groups is 4. The lowest BCUT2D eigenvalue weighted by atomic mass is 10.0. The van der Waals surface area contributed by atoms with Gasteiger partial charge in [-0.15, -0.1) is 5.10 Å².